The van der Waals surface area contributed by atoms with Gasteiger partial charge in [0.05, 0.1) is 10.5 Å². The van der Waals surface area contributed by atoms with E-state index in [4.69, 9.17) is 9.47 Å². The van der Waals surface area contributed by atoms with Crippen LogP contribution in [0.3, 0.4) is 0 Å². The summed E-state index contributed by atoms with van der Waals surface area (Å²) >= 11 is 0. The van der Waals surface area contributed by atoms with Gasteiger partial charge in [0.15, 0.2) is 5.78 Å². The van der Waals surface area contributed by atoms with Crippen molar-refractivity contribution in [1.82, 2.24) is 0 Å². The first-order valence-corrected chi connectivity index (χ1v) is 8.11. The number of aryl methyl sites for hydroxylation is 1. The molecule has 0 amide bonds. The minimum atomic E-state index is -0.336. The van der Waals surface area contributed by atoms with Gasteiger partial charge in [0, 0.05) is 24.3 Å². The molecule has 0 aliphatic heterocycles. The molecule has 1 aliphatic carbocycles. The second kappa shape index (κ2) is 7.03. The van der Waals surface area contributed by atoms with Gasteiger partial charge < -0.3 is 9.47 Å². The number of rotatable bonds is 6. The van der Waals surface area contributed by atoms with Gasteiger partial charge in [-0.2, -0.15) is 0 Å². The molecule has 0 spiro atoms. The summed E-state index contributed by atoms with van der Waals surface area (Å²) in [5.74, 6) is 0.890. The standard InChI is InChI=1S/C19H19NO5/c1-12-10-16(20(22)23)13-7-5-8-14(13)19(12)25-18-9-4-3-6-15(18)17(21)11-24-2/h3-4,6,9-10H,5,7-8,11H2,1-2H3. The van der Waals surface area contributed by atoms with E-state index in [9.17, 15) is 14.9 Å². The second-order valence-corrected chi connectivity index (χ2v) is 6.06. The number of hydrogen-bond donors (Lipinski definition) is 0. The maximum Gasteiger partial charge on any atom is 0.273 e. The molecule has 0 saturated carbocycles. The van der Waals surface area contributed by atoms with Gasteiger partial charge in [0.25, 0.3) is 5.69 Å². The normalized spacial score (nSPS) is 12.7. The molecule has 0 N–H and O–H groups in total. The number of para-hydroxylation sites is 1. The van der Waals surface area contributed by atoms with Crippen molar-refractivity contribution in [2.75, 3.05) is 13.7 Å². The number of nitrogens with zero attached hydrogens (tertiary/aromatic N) is 1. The second-order valence-electron chi connectivity index (χ2n) is 6.06. The molecule has 3 rings (SSSR count). The van der Waals surface area contributed by atoms with Crippen molar-refractivity contribution in [2.45, 2.75) is 26.2 Å². The molecule has 2 aromatic rings. The Hall–Kier alpha value is -2.73. The van der Waals surface area contributed by atoms with E-state index in [1.807, 2.05) is 0 Å². The number of ether oxygens (including phenoxy) is 2. The van der Waals surface area contributed by atoms with Crippen molar-refractivity contribution in [1.29, 1.82) is 0 Å². The average molecular weight is 341 g/mol. The van der Waals surface area contributed by atoms with Crippen LogP contribution in [0.25, 0.3) is 0 Å². The Bertz CT molecular complexity index is 844. The summed E-state index contributed by atoms with van der Waals surface area (Å²) in [6, 6.07) is 8.53. The van der Waals surface area contributed by atoms with Gasteiger partial charge in [0.1, 0.15) is 18.1 Å². The summed E-state index contributed by atoms with van der Waals surface area (Å²) in [4.78, 5) is 23.2. The van der Waals surface area contributed by atoms with E-state index in [0.717, 1.165) is 24.0 Å². The number of methoxy groups -OCH3 is 1. The highest BCUT2D eigenvalue weighted by Gasteiger charge is 2.28. The van der Waals surface area contributed by atoms with Gasteiger partial charge in [-0.15, -0.1) is 0 Å². The van der Waals surface area contributed by atoms with Crippen LogP contribution in [0.15, 0.2) is 30.3 Å². The van der Waals surface area contributed by atoms with Crippen molar-refractivity contribution in [3.8, 4) is 11.5 Å². The molecule has 2 aromatic carbocycles. The van der Waals surface area contributed by atoms with Crippen LogP contribution in [-0.2, 0) is 17.6 Å². The Balaban J connectivity index is 2.05. The summed E-state index contributed by atoms with van der Waals surface area (Å²) in [6.07, 6.45) is 2.27. The highest BCUT2D eigenvalue weighted by atomic mass is 16.6. The molecular formula is C19H19NO5. The number of nitro groups is 1. The van der Waals surface area contributed by atoms with Gasteiger partial charge in [0.2, 0.25) is 0 Å². The third-order valence-corrected chi connectivity index (χ3v) is 4.38. The number of carbonyl (C=O) groups excluding carboxylic acids is 1. The zero-order valence-electron chi connectivity index (χ0n) is 14.2. The lowest BCUT2D eigenvalue weighted by Gasteiger charge is -2.16. The lowest BCUT2D eigenvalue weighted by atomic mass is 10.0. The highest BCUT2D eigenvalue weighted by Crippen LogP contribution is 2.41. The fraction of sp³-hybridized carbons (Fsp3) is 0.316. The maximum absolute atomic E-state index is 12.2. The molecule has 0 heterocycles. The van der Waals surface area contributed by atoms with Crippen LogP contribution in [0.4, 0.5) is 5.69 Å². The van der Waals surface area contributed by atoms with E-state index in [0.29, 0.717) is 29.0 Å². The average Bonchev–Trinajstić information content (AvgIpc) is 3.07. The number of hydrogen-bond acceptors (Lipinski definition) is 5. The van der Waals surface area contributed by atoms with E-state index in [1.165, 1.54) is 7.11 Å². The van der Waals surface area contributed by atoms with Crippen LogP contribution in [0.5, 0.6) is 11.5 Å². The van der Waals surface area contributed by atoms with Crippen molar-refractivity contribution < 1.29 is 19.2 Å². The predicted molar refractivity (Wildman–Crippen MR) is 92.6 cm³/mol. The molecule has 0 fully saturated rings. The van der Waals surface area contributed by atoms with Gasteiger partial charge in [-0.25, -0.2) is 0 Å². The molecule has 0 aromatic heterocycles. The Kier molecular flexibility index (Phi) is 4.81. The third kappa shape index (κ3) is 3.25. The quantitative estimate of drug-likeness (QED) is 0.450. The maximum atomic E-state index is 12.2. The van der Waals surface area contributed by atoms with Crippen LogP contribution in [-0.4, -0.2) is 24.4 Å². The number of ketones is 1. The summed E-state index contributed by atoms with van der Waals surface area (Å²) in [6.45, 7) is 1.76. The van der Waals surface area contributed by atoms with Crippen molar-refractivity contribution in [2.24, 2.45) is 0 Å². The number of Topliss-reactive ketones (excluding diaryl/α,β-unsaturated/α-hetero) is 1. The highest BCUT2D eigenvalue weighted by molar-refractivity contribution is 5.99. The van der Waals surface area contributed by atoms with Crippen LogP contribution in [0.2, 0.25) is 0 Å². The van der Waals surface area contributed by atoms with E-state index < -0.39 is 0 Å². The SMILES string of the molecule is COCC(=O)c1ccccc1Oc1c(C)cc([N+](=O)[O-])c2c1CCC2. The summed E-state index contributed by atoms with van der Waals surface area (Å²) in [5, 5.41) is 11.3. The Labute approximate surface area is 145 Å². The first kappa shape index (κ1) is 17.1. The smallest absolute Gasteiger partial charge is 0.273 e. The van der Waals surface area contributed by atoms with Gasteiger partial charge in [-0.05, 0) is 43.9 Å². The molecule has 6 nitrogen and oxygen atoms in total. The lowest BCUT2D eigenvalue weighted by Crippen LogP contribution is -2.09. The zero-order valence-corrected chi connectivity index (χ0v) is 14.2. The summed E-state index contributed by atoms with van der Waals surface area (Å²) < 4.78 is 11.0. The third-order valence-electron chi connectivity index (χ3n) is 4.38. The lowest BCUT2D eigenvalue weighted by molar-refractivity contribution is -0.385. The molecule has 130 valence electrons. The molecule has 0 bridgehead atoms. The van der Waals surface area contributed by atoms with Gasteiger partial charge >= 0.3 is 0 Å². The minimum Gasteiger partial charge on any atom is -0.456 e. The first-order valence-electron chi connectivity index (χ1n) is 8.11. The predicted octanol–water partition coefficient (Wildman–Crippen LogP) is 4.01. The van der Waals surface area contributed by atoms with Crippen molar-refractivity contribution in [3.05, 3.63) is 62.7 Å². The monoisotopic (exact) mass is 341 g/mol. The fourth-order valence-corrected chi connectivity index (χ4v) is 3.28. The largest absolute Gasteiger partial charge is 0.456 e. The number of nitro benzene ring substituents is 1. The molecule has 0 unspecified atom stereocenters. The number of benzene rings is 2. The first-order chi connectivity index (χ1) is 12.0. The molecule has 0 atom stereocenters. The summed E-state index contributed by atoms with van der Waals surface area (Å²) in [7, 11) is 1.47. The topological polar surface area (TPSA) is 78.7 Å². The van der Waals surface area contributed by atoms with Gasteiger partial charge in [-0.3, -0.25) is 14.9 Å². The molecular weight excluding hydrogens is 322 g/mol. The molecule has 1 aliphatic rings. The number of carbonyl (C=O) groups is 1. The molecule has 25 heavy (non-hydrogen) atoms. The fourth-order valence-electron chi connectivity index (χ4n) is 3.28. The molecule has 0 radical (unpaired) electrons. The Morgan fingerprint density at radius 1 is 1.24 bits per heavy atom. The van der Waals surface area contributed by atoms with Crippen LogP contribution in [0, 0.1) is 17.0 Å². The van der Waals surface area contributed by atoms with Crippen molar-refractivity contribution in [3.63, 3.8) is 0 Å². The van der Waals surface area contributed by atoms with Crippen molar-refractivity contribution >= 4 is 11.5 Å². The molecule has 6 heteroatoms. The van der Waals surface area contributed by atoms with E-state index in [2.05, 4.69) is 0 Å². The Morgan fingerprint density at radius 2 is 1.96 bits per heavy atom. The van der Waals surface area contributed by atoms with E-state index >= 15 is 0 Å². The van der Waals surface area contributed by atoms with E-state index in [-0.39, 0.29) is 23.0 Å². The minimum absolute atomic E-state index is 0.0300. The van der Waals surface area contributed by atoms with E-state index in [1.54, 1.807) is 37.3 Å². The number of fused-ring (bicyclic) bond motifs is 1. The van der Waals surface area contributed by atoms with Crippen LogP contribution < -0.4 is 4.74 Å². The molecule has 0 saturated heterocycles. The van der Waals surface area contributed by atoms with Crippen LogP contribution in [0.1, 0.15) is 33.5 Å². The van der Waals surface area contributed by atoms with Gasteiger partial charge in [-0.1, -0.05) is 12.1 Å². The zero-order chi connectivity index (χ0) is 18.0. The Morgan fingerprint density at radius 3 is 2.68 bits per heavy atom. The van der Waals surface area contributed by atoms with Crippen LogP contribution >= 0.6 is 0 Å². The summed E-state index contributed by atoms with van der Waals surface area (Å²) in [5.41, 5.74) is 2.91.